The maximum Gasteiger partial charge on any atom is 0.211 e. The molecule has 1 aliphatic heterocycles. The van der Waals surface area contributed by atoms with Crippen LogP contribution in [0.25, 0.3) is 0 Å². The molecule has 1 fully saturated rings. The van der Waals surface area contributed by atoms with Gasteiger partial charge in [0.15, 0.2) is 0 Å². The minimum Gasteiger partial charge on any atom is -0.309 e. The van der Waals surface area contributed by atoms with Gasteiger partial charge in [-0.05, 0) is 44.4 Å². The van der Waals surface area contributed by atoms with Gasteiger partial charge in [0.05, 0.1) is 11.9 Å². The van der Waals surface area contributed by atoms with Crippen molar-refractivity contribution in [3.05, 3.63) is 30.1 Å². The zero-order valence-electron chi connectivity index (χ0n) is 12.1. The van der Waals surface area contributed by atoms with E-state index in [1.165, 1.54) is 6.26 Å². The van der Waals surface area contributed by atoms with E-state index in [0.717, 1.165) is 25.1 Å². The average Bonchev–Trinajstić information content (AvgIpc) is 2.45. The Balaban J connectivity index is 1.85. The van der Waals surface area contributed by atoms with Crippen molar-refractivity contribution in [2.45, 2.75) is 25.8 Å². The van der Waals surface area contributed by atoms with Crippen molar-refractivity contribution in [3.8, 4) is 0 Å². The summed E-state index contributed by atoms with van der Waals surface area (Å²) in [6, 6.07) is 6.07. The topological polar surface area (TPSA) is 62.3 Å². The molecule has 2 heterocycles. The summed E-state index contributed by atoms with van der Waals surface area (Å²) in [4.78, 5) is 4.33. The van der Waals surface area contributed by atoms with Gasteiger partial charge in [0.2, 0.25) is 10.0 Å². The number of pyridine rings is 1. The second-order valence-corrected chi connectivity index (χ2v) is 7.50. The van der Waals surface area contributed by atoms with Gasteiger partial charge in [-0.3, -0.25) is 4.98 Å². The van der Waals surface area contributed by atoms with Crippen LogP contribution in [0.1, 0.15) is 31.5 Å². The fraction of sp³-hybridized carbons (Fsp3) is 0.643. The van der Waals surface area contributed by atoms with Crippen LogP contribution in [-0.2, 0) is 10.0 Å². The van der Waals surface area contributed by atoms with Gasteiger partial charge < -0.3 is 5.32 Å². The molecular weight excluding hydrogens is 274 g/mol. The van der Waals surface area contributed by atoms with Crippen LogP contribution in [0.2, 0.25) is 0 Å². The summed E-state index contributed by atoms with van der Waals surface area (Å²) in [6.07, 6.45) is 5.10. The Hall–Kier alpha value is -0.980. The molecule has 1 N–H and O–H groups in total. The summed E-state index contributed by atoms with van der Waals surface area (Å²) >= 11 is 0. The Bertz CT molecular complexity index is 518. The Morgan fingerprint density at radius 3 is 2.95 bits per heavy atom. The molecule has 2 rings (SSSR count). The van der Waals surface area contributed by atoms with Crippen molar-refractivity contribution in [1.82, 2.24) is 14.6 Å². The molecule has 1 unspecified atom stereocenters. The molecule has 1 aliphatic rings. The molecule has 0 aliphatic carbocycles. The molecule has 1 aromatic heterocycles. The Morgan fingerprint density at radius 2 is 2.30 bits per heavy atom. The molecule has 0 saturated carbocycles. The minimum absolute atomic E-state index is 0.185. The molecule has 0 aromatic carbocycles. The number of hydrogen-bond acceptors (Lipinski definition) is 4. The normalized spacial score (nSPS) is 22.6. The number of rotatable bonds is 5. The Labute approximate surface area is 121 Å². The predicted molar refractivity (Wildman–Crippen MR) is 79.8 cm³/mol. The molecule has 1 saturated heterocycles. The maximum absolute atomic E-state index is 11.6. The first-order valence-corrected chi connectivity index (χ1v) is 8.91. The number of hydrogen-bond donors (Lipinski definition) is 1. The van der Waals surface area contributed by atoms with E-state index in [-0.39, 0.29) is 6.04 Å². The molecule has 0 amide bonds. The van der Waals surface area contributed by atoms with Crippen molar-refractivity contribution in [2.24, 2.45) is 5.92 Å². The monoisotopic (exact) mass is 297 g/mol. The Morgan fingerprint density at radius 1 is 1.50 bits per heavy atom. The minimum atomic E-state index is -3.06. The second-order valence-electron chi connectivity index (χ2n) is 5.51. The van der Waals surface area contributed by atoms with Crippen molar-refractivity contribution in [1.29, 1.82) is 0 Å². The number of nitrogens with one attached hydrogen (secondary N) is 1. The summed E-state index contributed by atoms with van der Waals surface area (Å²) in [5.74, 6) is 0.379. The molecule has 0 spiro atoms. The van der Waals surface area contributed by atoms with Crippen molar-refractivity contribution in [3.63, 3.8) is 0 Å². The fourth-order valence-corrected chi connectivity index (χ4v) is 3.52. The van der Waals surface area contributed by atoms with Gasteiger partial charge >= 0.3 is 0 Å². The van der Waals surface area contributed by atoms with Crippen LogP contribution in [0, 0.1) is 5.92 Å². The van der Waals surface area contributed by atoms with Crippen LogP contribution in [0.5, 0.6) is 0 Å². The third kappa shape index (κ3) is 4.26. The fourth-order valence-electron chi connectivity index (χ4n) is 2.57. The van der Waals surface area contributed by atoms with Crippen LogP contribution in [0.3, 0.4) is 0 Å². The first kappa shape index (κ1) is 15.4. The molecule has 6 heteroatoms. The SMILES string of the molecule is C[C@@H](NCC1CCCN(S(C)(=O)=O)C1)c1ccccn1. The lowest BCUT2D eigenvalue weighted by Gasteiger charge is -2.31. The van der Waals surface area contributed by atoms with Crippen LogP contribution in [-0.4, -0.2) is 43.6 Å². The van der Waals surface area contributed by atoms with Crippen molar-refractivity contribution in [2.75, 3.05) is 25.9 Å². The molecule has 20 heavy (non-hydrogen) atoms. The van der Waals surface area contributed by atoms with Crippen molar-refractivity contribution >= 4 is 10.0 Å². The van der Waals surface area contributed by atoms with Crippen molar-refractivity contribution < 1.29 is 8.42 Å². The van der Waals surface area contributed by atoms with E-state index in [0.29, 0.717) is 19.0 Å². The standard InChI is InChI=1S/C14H23N3O2S/c1-12(14-7-3-4-8-15-14)16-10-13-6-5-9-17(11-13)20(2,18)19/h3-4,7-8,12-13,16H,5-6,9-11H2,1-2H3/t12-,13?/m1/s1. The molecular formula is C14H23N3O2S. The van der Waals surface area contributed by atoms with E-state index in [2.05, 4.69) is 17.2 Å². The van der Waals surface area contributed by atoms with Crippen LogP contribution < -0.4 is 5.32 Å². The van der Waals surface area contributed by atoms with Gasteiger partial charge in [-0.25, -0.2) is 12.7 Å². The van der Waals surface area contributed by atoms with E-state index in [4.69, 9.17) is 0 Å². The molecule has 112 valence electrons. The van der Waals surface area contributed by atoms with Crippen LogP contribution >= 0.6 is 0 Å². The lowest BCUT2D eigenvalue weighted by atomic mass is 9.99. The third-order valence-electron chi connectivity index (χ3n) is 3.79. The average molecular weight is 297 g/mol. The first-order chi connectivity index (χ1) is 9.47. The highest BCUT2D eigenvalue weighted by Crippen LogP contribution is 2.19. The number of sulfonamides is 1. The number of piperidine rings is 1. The summed E-state index contributed by atoms with van der Waals surface area (Å²) in [5, 5.41) is 3.46. The smallest absolute Gasteiger partial charge is 0.211 e. The van der Waals surface area contributed by atoms with E-state index in [1.54, 1.807) is 10.5 Å². The van der Waals surface area contributed by atoms with Crippen LogP contribution in [0.15, 0.2) is 24.4 Å². The molecule has 1 aromatic rings. The zero-order chi connectivity index (χ0) is 14.6. The summed E-state index contributed by atoms with van der Waals surface area (Å²) in [5.41, 5.74) is 1.02. The van der Waals surface area contributed by atoms with E-state index in [1.807, 2.05) is 18.2 Å². The maximum atomic E-state index is 11.6. The van der Waals surface area contributed by atoms with Gasteiger partial charge in [0, 0.05) is 25.3 Å². The highest BCUT2D eigenvalue weighted by atomic mass is 32.2. The highest BCUT2D eigenvalue weighted by Gasteiger charge is 2.25. The first-order valence-electron chi connectivity index (χ1n) is 7.06. The van der Waals surface area contributed by atoms with Gasteiger partial charge in [-0.2, -0.15) is 0 Å². The van der Waals surface area contributed by atoms with Crippen LogP contribution in [0.4, 0.5) is 0 Å². The van der Waals surface area contributed by atoms with Gasteiger partial charge in [0.1, 0.15) is 0 Å². The lowest BCUT2D eigenvalue weighted by molar-refractivity contribution is 0.256. The van der Waals surface area contributed by atoms with Gasteiger partial charge in [-0.1, -0.05) is 6.07 Å². The van der Waals surface area contributed by atoms with Gasteiger partial charge in [0.25, 0.3) is 0 Å². The molecule has 0 bridgehead atoms. The van der Waals surface area contributed by atoms with E-state index >= 15 is 0 Å². The van der Waals surface area contributed by atoms with E-state index in [9.17, 15) is 8.42 Å². The molecule has 0 radical (unpaired) electrons. The van der Waals surface area contributed by atoms with E-state index < -0.39 is 10.0 Å². The molecule has 2 atom stereocenters. The third-order valence-corrected chi connectivity index (χ3v) is 5.06. The number of nitrogens with zero attached hydrogens (tertiary/aromatic N) is 2. The largest absolute Gasteiger partial charge is 0.309 e. The highest BCUT2D eigenvalue weighted by molar-refractivity contribution is 7.88. The quantitative estimate of drug-likeness (QED) is 0.892. The zero-order valence-corrected chi connectivity index (χ0v) is 12.9. The van der Waals surface area contributed by atoms with Gasteiger partial charge in [-0.15, -0.1) is 0 Å². The lowest BCUT2D eigenvalue weighted by Crippen LogP contribution is -2.42. The predicted octanol–water partition coefficient (Wildman–Crippen LogP) is 1.40. The summed E-state index contributed by atoms with van der Waals surface area (Å²) < 4.78 is 24.8. The number of aromatic nitrogens is 1. The second kappa shape index (κ2) is 6.65. The Kier molecular flexibility index (Phi) is 5.12. The molecule has 5 nitrogen and oxygen atoms in total. The summed E-state index contributed by atoms with van der Waals surface area (Å²) in [6.45, 7) is 4.19. The summed E-state index contributed by atoms with van der Waals surface area (Å²) in [7, 11) is -3.06.